The lowest BCUT2D eigenvalue weighted by Gasteiger charge is -2.22. The van der Waals surface area contributed by atoms with Crippen molar-refractivity contribution in [2.24, 2.45) is 5.73 Å². The third kappa shape index (κ3) is 6.12. The van der Waals surface area contributed by atoms with Crippen LogP contribution in [-0.2, 0) is 16.0 Å². The summed E-state index contributed by atoms with van der Waals surface area (Å²) >= 11 is 1.51. The van der Waals surface area contributed by atoms with Gasteiger partial charge in [0.2, 0.25) is 0 Å². The van der Waals surface area contributed by atoms with Crippen molar-refractivity contribution in [2.45, 2.75) is 49.9 Å². The topological polar surface area (TPSA) is 52.3 Å². The summed E-state index contributed by atoms with van der Waals surface area (Å²) in [5, 5.41) is -0.209. The van der Waals surface area contributed by atoms with Gasteiger partial charge in [-0.05, 0) is 58.4 Å². The van der Waals surface area contributed by atoms with Gasteiger partial charge in [-0.3, -0.25) is 4.79 Å². The van der Waals surface area contributed by atoms with Gasteiger partial charge in [0.1, 0.15) is 10.9 Å². The van der Waals surface area contributed by atoms with E-state index in [4.69, 9.17) is 10.5 Å². The summed E-state index contributed by atoms with van der Waals surface area (Å²) in [4.78, 5) is 12.9. The number of esters is 1. The molecule has 1 rings (SSSR count). The minimum absolute atomic E-state index is 0.177. The highest BCUT2D eigenvalue weighted by atomic mass is 32.2. The molecule has 0 aliphatic heterocycles. The van der Waals surface area contributed by atoms with E-state index in [1.807, 2.05) is 39.8 Å². The van der Waals surface area contributed by atoms with Crippen LogP contribution in [0.2, 0.25) is 0 Å². The van der Waals surface area contributed by atoms with Gasteiger partial charge >= 0.3 is 5.97 Å². The number of benzene rings is 1. The zero-order valence-corrected chi connectivity index (χ0v) is 12.9. The number of nitrogens with two attached hydrogens (primary N) is 1. The van der Waals surface area contributed by atoms with E-state index in [-0.39, 0.29) is 11.2 Å². The van der Waals surface area contributed by atoms with Gasteiger partial charge in [-0.25, -0.2) is 0 Å². The molecule has 0 amide bonds. The molecular formula is C15H23NO2S. The molecule has 0 spiro atoms. The lowest BCUT2D eigenvalue weighted by atomic mass is 10.2. The summed E-state index contributed by atoms with van der Waals surface area (Å²) < 4.78 is 5.36. The lowest BCUT2D eigenvalue weighted by Crippen LogP contribution is -2.28. The molecule has 0 aromatic heterocycles. The fourth-order valence-electron chi connectivity index (χ4n) is 1.54. The number of thioether (sulfide) groups is 1. The van der Waals surface area contributed by atoms with Gasteiger partial charge < -0.3 is 10.5 Å². The van der Waals surface area contributed by atoms with Crippen molar-refractivity contribution in [3.8, 4) is 0 Å². The van der Waals surface area contributed by atoms with Crippen LogP contribution in [0.1, 0.15) is 33.3 Å². The Morgan fingerprint density at radius 1 is 1.32 bits per heavy atom. The molecule has 1 aromatic carbocycles. The zero-order chi connectivity index (χ0) is 14.5. The van der Waals surface area contributed by atoms with Crippen LogP contribution in [0.3, 0.4) is 0 Å². The Bertz CT molecular complexity index is 409. The summed E-state index contributed by atoms with van der Waals surface area (Å²) in [6.07, 6.45) is 0.882. The molecule has 2 N–H and O–H groups in total. The largest absolute Gasteiger partial charge is 0.459 e. The summed E-state index contributed by atoms with van der Waals surface area (Å²) in [6.45, 7) is 8.16. The van der Waals surface area contributed by atoms with E-state index in [2.05, 4.69) is 12.1 Å². The van der Waals surface area contributed by atoms with Crippen molar-refractivity contribution in [3.05, 3.63) is 29.8 Å². The molecule has 19 heavy (non-hydrogen) atoms. The third-order valence-corrected chi connectivity index (χ3v) is 3.50. The van der Waals surface area contributed by atoms with Crippen LogP contribution in [-0.4, -0.2) is 23.4 Å². The molecule has 0 saturated carbocycles. The highest BCUT2D eigenvalue weighted by molar-refractivity contribution is 8.00. The van der Waals surface area contributed by atoms with E-state index in [9.17, 15) is 4.79 Å². The van der Waals surface area contributed by atoms with E-state index in [0.29, 0.717) is 6.54 Å². The number of ether oxygens (including phenoxy) is 1. The first kappa shape index (κ1) is 16.1. The van der Waals surface area contributed by atoms with Crippen molar-refractivity contribution >= 4 is 17.7 Å². The fraction of sp³-hybridized carbons (Fsp3) is 0.533. The minimum atomic E-state index is -0.434. The summed E-state index contributed by atoms with van der Waals surface area (Å²) in [6, 6.07) is 8.15. The zero-order valence-electron chi connectivity index (χ0n) is 12.1. The average molecular weight is 281 g/mol. The molecule has 1 unspecified atom stereocenters. The monoisotopic (exact) mass is 281 g/mol. The van der Waals surface area contributed by atoms with Crippen LogP contribution in [0.15, 0.2) is 29.2 Å². The number of rotatable bonds is 5. The molecule has 106 valence electrons. The Labute approximate surface area is 119 Å². The summed E-state index contributed by atoms with van der Waals surface area (Å²) in [5.74, 6) is -0.177. The van der Waals surface area contributed by atoms with Gasteiger partial charge in [0, 0.05) is 4.90 Å². The molecule has 0 aliphatic rings. The molecule has 1 aromatic rings. The van der Waals surface area contributed by atoms with E-state index in [1.165, 1.54) is 17.3 Å². The van der Waals surface area contributed by atoms with Crippen molar-refractivity contribution in [3.63, 3.8) is 0 Å². The first-order valence-electron chi connectivity index (χ1n) is 6.50. The van der Waals surface area contributed by atoms with E-state index >= 15 is 0 Å². The van der Waals surface area contributed by atoms with E-state index in [1.54, 1.807) is 0 Å². The highest BCUT2D eigenvalue weighted by Crippen LogP contribution is 2.25. The van der Waals surface area contributed by atoms with Crippen LogP contribution in [0.4, 0.5) is 0 Å². The maximum atomic E-state index is 11.9. The lowest BCUT2D eigenvalue weighted by molar-refractivity contribution is -0.153. The highest BCUT2D eigenvalue weighted by Gasteiger charge is 2.22. The Balaban J connectivity index is 2.56. The van der Waals surface area contributed by atoms with Crippen molar-refractivity contribution in [2.75, 3.05) is 6.54 Å². The fourth-order valence-corrected chi connectivity index (χ4v) is 2.38. The Hall–Kier alpha value is -1.00. The molecule has 0 heterocycles. The molecule has 0 saturated heterocycles. The predicted molar refractivity (Wildman–Crippen MR) is 80.4 cm³/mol. The standard InChI is InChI=1S/C15H23NO2S/c1-11(14(17)18-15(2,3)4)19-13-7-5-12(6-8-13)9-10-16/h5-8,11H,9-10,16H2,1-4H3. The normalized spacial score (nSPS) is 13.1. The van der Waals surface area contributed by atoms with Gasteiger partial charge in [0.15, 0.2) is 0 Å². The van der Waals surface area contributed by atoms with Crippen molar-refractivity contribution in [1.29, 1.82) is 0 Å². The third-order valence-electron chi connectivity index (χ3n) is 2.41. The molecule has 0 bridgehead atoms. The summed E-state index contributed by atoms with van der Waals surface area (Å²) in [7, 11) is 0. The van der Waals surface area contributed by atoms with Crippen LogP contribution >= 0.6 is 11.8 Å². The SMILES string of the molecule is CC(Sc1ccc(CCN)cc1)C(=O)OC(C)(C)C. The molecule has 4 heteroatoms. The van der Waals surface area contributed by atoms with Gasteiger partial charge in [-0.15, -0.1) is 11.8 Å². The quantitative estimate of drug-likeness (QED) is 0.666. The number of hydrogen-bond acceptors (Lipinski definition) is 4. The van der Waals surface area contributed by atoms with Crippen LogP contribution in [0.25, 0.3) is 0 Å². The van der Waals surface area contributed by atoms with Gasteiger partial charge in [0.25, 0.3) is 0 Å². The minimum Gasteiger partial charge on any atom is -0.459 e. The maximum absolute atomic E-state index is 11.9. The Morgan fingerprint density at radius 3 is 2.37 bits per heavy atom. The second-order valence-electron chi connectivity index (χ2n) is 5.48. The van der Waals surface area contributed by atoms with E-state index < -0.39 is 5.60 Å². The van der Waals surface area contributed by atoms with Gasteiger partial charge in [0.05, 0.1) is 0 Å². The van der Waals surface area contributed by atoms with Crippen LogP contribution < -0.4 is 5.73 Å². The Morgan fingerprint density at radius 2 is 1.89 bits per heavy atom. The first-order chi connectivity index (χ1) is 8.81. The molecule has 0 fully saturated rings. The number of carbonyl (C=O) groups excluding carboxylic acids is 1. The smallest absolute Gasteiger partial charge is 0.319 e. The van der Waals surface area contributed by atoms with Crippen LogP contribution in [0, 0.1) is 0 Å². The predicted octanol–water partition coefficient (Wildman–Crippen LogP) is 3.01. The maximum Gasteiger partial charge on any atom is 0.319 e. The molecule has 0 aliphatic carbocycles. The van der Waals surface area contributed by atoms with Crippen LogP contribution in [0.5, 0.6) is 0 Å². The second-order valence-corrected chi connectivity index (χ2v) is 6.89. The van der Waals surface area contributed by atoms with E-state index in [0.717, 1.165) is 11.3 Å². The molecule has 0 radical (unpaired) electrons. The molecular weight excluding hydrogens is 258 g/mol. The van der Waals surface area contributed by atoms with Crippen molar-refractivity contribution in [1.82, 2.24) is 0 Å². The summed E-state index contributed by atoms with van der Waals surface area (Å²) in [5.41, 5.74) is 6.30. The first-order valence-corrected chi connectivity index (χ1v) is 7.38. The number of hydrogen-bond donors (Lipinski definition) is 1. The molecule has 1 atom stereocenters. The average Bonchev–Trinajstić information content (AvgIpc) is 2.29. The van der Waals surface area contributed by atoms with Crippen molar-refractivity contribution < 1.29 is 9.53 Å². The van der Waals surface area contributed by atoms with Gasteiger partial charge in [-0.1, -0.05) is 12.1 Å². The molecule has 3 nitrogen and oxygen atoms in total. The Kier molecular flexibility index (Phi) is 5.88. The second kappa shape index (κ2) is 6.96. The van der Waals surface area contributed by atoms with Gasteiger partial charge in [-0.2, -0.15) is 0 Å². The number of carbonyl (C=O) groups is 1.